The second-order valence-electron chi connectivity index (χ2n) is 8.43. The largest absolute Gasteiger partial charge is 0.495 e. The molecule has 5 rings (SSSR count). The molecule has 2 aromatic carbocycles. The number of halogens is 4. The second-order valence-corrected chi connectivity index (χ2v) is 10.1. The molecule has 0 aliphatic heterocycles. The number of aliphatic carboxylic acids is 1. The molecule has 3 aromatic heterocycles. The summed E-state index contributed by atoms with van der Waals surface area (Å²) in [4.78, 5) is 21.7. The first-order valence-electron chi connectivity index (χ1n) is 11.5. The number of carbonyl (C=O) groups is 1. The van der Waals surface area contributed by atoms with Gasteiger partial charge >= 0.3 is 12.1 Å². The number of nitrogens with zero attached hydrogens (tertiary/aromatic N) is 4. The number of aryl methyl sites for hydroxylation is 1. The summed E-state index contributed by atoms with van der Waals surface area (Å²) in [6.45, 7) is 0. The van der Waals surface area contributed by atoms with Gasteiger partial charge in [-0.25, -0.2) is 17.6 Å². The Morgan fingerprint density at radius 2 is 1.83 bits per heavy atom. The number of methoxy groups -OCH3 is 1. The quantitative estimate of drug-likeness (QED) is 0.272. The van der Waals surface area contributed by atoms with Crippen molar-refractivity contribution in [3.63, 3.8) is 0 Å². The number of carboxylic acid groups (broad SMARTS) is 1. The molecule has 220 valence electrons. The molecule has 0 radical (unpaired) electrons. The van der Waals surface area contributed by atoms with E-state index in [1.165, 1.54) is 72.7 Å². The fourth-order valence-electron chi connectivity index (χ4n) is 3.76. The molecule has 42 heavy (non-hydrogen) atoms. The zero-order valence-electron chi connectivity index (χ0n) is 21.5. The molecule has 0 unspecified atom stereocenters. The van der Waals surface area contributed by atoms with Crippen LogP contribution in [0.1, 0.15) is 0 Å². The number of sulfonamides is 1. The van der Waals surface area contributed by atoms with Crippen molar-refractivity contribution in [1.29, 1.82) is 0 Å². The maximum Gasteiger partial charge on any atom is 0.490 e. The highest BCUT2D eigenvalue weighted by atomic mass is 32.2. The maximum absolute atomic E-state index is 15.2. The molecule has 12 nitrogen and oxygen atoms in total. The molecule has 0 bridgehead atoms. The molecular formula is C25H19F4N5O7S. The molecule has 0 aliphatic rings. The predicted molar refractivity (Wildman–Crippen MR) is 139 cm³/mol. The van der Waals surface area contributed by atoms with E-state index in [1.54, 1.807) is 17.9 Å². The SMILES string of the molecule is COc1cc(-c2cnn(C)c2)c(F)cc1-n1c(=O)ccc2cc(S(=O)(=O)Nc3ccon3)ccc21.O=C(O)C(F)(F)F. The number of hydrogen-bond donors (Lipinski definition) is 2. The molecule has 0 atom stereocenters. The summed E-state index contributed by atoms with van der Waals surface area (Å²) >= 11 is 0. The van der Waals surface area contributed by atoms with Crippen molar-refractivity contribution in [2.24, 2.45) is 7.05 Å². The van der Waals surface area contributed by atoms with Gasteiger partial charge in [0.25, 0.3) is 15.6 Å². The van der Waals surface area contributed by atoms with Gasteiger partial charge in [-0.15, -0.1) is 0 Å². The van der Waals surface area contributed by atoms with Gasteiger partial charge in [0.2, 0.25) is 0 Å². The van der Waals surface area contributed by atoms with Gasteiger partial charge < -0.3 is 14.4 Å². The van der Waals surface area contributed by atoms with Crippen LogP contribution in [0.15, 0.2) is 81.4 Å². The molecule has 5 aromatic rings. The highest BCUT2D eigenvalue weighted by molar-refractivity contribution is 7.92. The van der Waals surface area contributed by atoms with Crippen molar-refractivity contribution < 1.29 is 45.1 Å². The van der Waals surface area contributed by atoms with Crippen LogP contribution in [0.5, 0.6) is 5.75 Å². The van der Waals surface area contributed by atoms with E-state index in [1.807, 2.05) is 0 Å². The summed E-state index contributed by atoms with van der Waals surface area (Å²) in [5.74, 6) is -3.05. The first kappa shape index (κ1) is 29.8. The Kier molecular flexibility index (Phi) is 8.05. The number of benzene rings is 2. The number of alkyl halides is 3. The average Bonchev–Trinajstić information content (AvgIpc) is 3.59. The first-order valence-corrected chi connectivity index (χ1v) is 13.0. The monoisotopic (exact) mass is 609 g/mol. The van der Waals surface area contributed by atoms with E-state index in [0.29, 0.717) is 16.5 Å². The lowest BCUT2D eigenvalue weighted by Gasteiger charge is -2.16. The van der Waals surface area contributed by atoms with Gasteiger partial charge in [-0.1, -0.05) is 5.16 Å². The molecule has 0 amide bonds. The number of anilines is 1. The fraction of sp³-hybridized carbons (Fsp3) is 0.120. The third-order valence-corrected chi connectivity index (χ3v) is 6.97. The minimum atomic E-state index is -5.08. The van der Waals surface area contributed by atoms with Crippen molar-refractivity contribution in [2.45, 2.75) is 11.1 Å². The summed E-state index contributed by atoms with van der Waals surface area (Å²) in [6, 6.07) is 11.1. The lowest BCUT2D eigenvalue weighted by Crippen LogP contribution is -2.21. The zero-order chi connectivity index (χ0) is 30.8. The van der Waals surface area contributed by atoms with Crippen molar-refractivity contribution in [2.75, 3.05) is 11.8 Å². The molecule has 0 fully saturated rings. The van der Waals surface area contributed by atoms with Crippen molar-refractivity contribution >= 4 is 32.7 Å². The molecule has 0 saturated carbocycles. The minimum Gasteiger partial charge on any atom is -0.495 e. The molecule has 0 saturated heterocycles. The van der Waals surface area contributed by atoms with E-state index < -0.39 is 33.5 Å². The summed E-state index contributed by atoms with van der Waals surface area (Å²) < 4.78 is 87.7. The number of fused-ring (bicyclic) bond motifs is 1. The Morgan fingerprint density at radius 3 is 2.40 bits per heavy atom. The van der Waals surface area contributed by atoms with Crippen LogP contribution in [0.25, 0.3) is 27.7 Å². The van der Waals surface area contributed by atoms with Gasteiger partial charge in [0, 0.05) is 48.0 Å². The Balaban J connectivity index is 0.000000517. The van der Waals surface area contributed by atoms with E-state index in [2.05, 4.69) is 19.5 Å². The van der Waals surface area contributed by atoms with Gasteiger partial charge in [0.05, 0.1) is 29.4 Å². The molecular weight excluding hydrogens is 590 g/mol. The van der Waals surface area contributed by atoms with Gasteiger partial charge in [0.15, 0.2) is 5.82 Å². The molecule has 0 spiro atoms. The number of nitrogens with one attached hydrogen (secondary N) is 1. The summed E-state index contributed by atoms with van der Waals surface area (Å²) in [5.41, 5.74) is 0.906. The van der Waals surface area contributed by atoms with Crippen LogP contribution in [-0.4, -0.2) is 52.3 Å². The molecule has 3 heterocycles. The number of pyridine rings is 1. The smallest absolute Gasteiger partial charge is 0.490 e. The topological polar surface area (TPSA) is 159 Å². The molecule has 2 N–H and O–H groups in total. The third kappa shape index (κ3) is 6.25. The van der Waals surface area contributed by atoms with E-state index >= 15 is 4.39 Å². The number of aromatic nitrogens is 4. The van der Waals surface area contributed by atoms with Crippen LogP contribution in [0.2, 0.25) is 0 Å². The third-order valence-electron chi connectivity index (χ3n) is 5.62. The zero-order valence-corrected chi connectivity index (χ0v) is 22.3. The van der Waals surface area contributed by atoms with Crippen molar-refractivity contribution in [3.05, 3.63) is 83.4 Å². The number of rotatable bonds is 6. The van der Waals surface area contributed by atoms with Gasteiger partial charge in [-0.05, 0) is 30.3 Å². The van der Waals surface area contributed by atoms with Crippen molar-refractivity contribution in [3.8, 4) is 22.6 Å². The van der Waals surface area contributed by atoms with Gasteiger partial charge in [0.1, 0.15) is 17.8 Å². The van der Waals surface area contributed by atoms with Crippen LogP contribution < -0.4 is 15.0 Å². The molecule has 0 aliphatic carbocycles. The van der Waals surface area contributed by atoms with Crippen LogP contribution in [-0.2, 0) is 21.9 Å². The Labute approximate surface area is 233 Å². The standard InChI is InChI=1S/C23H18FN5O5S.C2HF3O2/c1-28-13-15(12-25-28)17-10-21(33-2)20(11-18(17)24)29-19-5-4-16(9-14(19)3-6-23(29)30)35(31,32)27-22-7-8-34-26-22;3-2(4,5)1(6)7/h3-13H,1-2H3,(H,26,27);(H,6,7). The lowest BCUT2D eigenvalue weighted by molar-refractivity contribution is -0.192. The Bertz CT molecular complexity index is 1940. The average molecular weight is 610 g/mol. The molecule has 17 heteroatoms. The number of hydrogen-bond acceptors (Lipinski definition) is 8. The van der Waals surface area contributed by atoms with Crippen LogP contribution >= 0.6 is 0 Å². The first-order chi connectivity index (χ1) is 19.7. The highest BCUT2D eigenvalue weighted by Crippen LogP contribution is 2.33. The normalized spacial score (nSPS) is 11.6. The summed E-state index contributed by atoms with van der Waals surface area (Å²) in [5, 5.41) is 15.2. The minimum absolute atomic E-state index is 0.0315. The van der Waals surface area contributed by atoms with Gasteiger partial charge in [-0.2, -0.15) is 18.3 Å². The maximum atomic E-state index is 15.2. The second kappa shape index (κ2) is 11.4. The lowest BCUT2D eigenvalue weighted by atomic mass is 10.1. The van der Waals surface area contributed by atoms with E-state index in [9.17, 15) is 26.4 Å². The van der Waals surface area contributed by atoms with Crippen LogP contribution in [0.4, 0.5) is 23.4 Å². The van der Waals surface area contributed by atoms with Crippen LogP contribution in [0, 0.1) is 5.82 Å². The Morgan fingerprint density at radius 1 is 1.12 bits per heavy atom. The highest BCUT2D eigenvalue weighted by Gasteiger charge is 2.38. The van der Waals surface area contributed by atoms with E-state index in [4.69, 9.17) is 14.6 Å². The van der Waals surface area contributed by atoms with Crippen molar-refractivity contribution in [1.82, 2.24) is 19.5 Å². The predicted octanol–water partition coefficient (Wildman–Crippen LogP) is 3.96. The van der Waals surface area contributed by atoms with E-state index in [-0.39, 0.29) is 27.7 Å². The van der Waals surface area contributed by atoms with Gasteiger partial charge in [-0.3, -0.25) is 18.8 Å². The van der Waals surface area contributed by atoms with E-state index in [0.717, 1.165) is 0 Å². The summed E-state index contributed by atoms with van der Waals surface area (Å²) in [6.07, 6.45) is -0.656. The fourth-order valence-corrected chi connectivity index (χ4v) is 4.79. The van der Waals surface area contributed by atoms with Crippen LogP contribution in [0.3, 0.4) is 0 Å². The Hall–Kier alpha value is -5.19. The number of ether oxygens (including phenoxy) is 1. The number of carboxylic acids is 1. The summed E-state index contributed by atoms with van der Waals surface area (Å²) in [7, 11) is -0.831.